The summed E-state index contributed by atoms with van der Waals surface area (Å²) in [4.78, 5) is 35.3. The second kappa shape index (κ2) is 9.43. The van der Waals surface area contributed by atoms with Crippen molar-refractivity contribution >= 4 is 29.3 Å². The molecule has 0 bridgehead atoms. The maximum atomic E-state index is 12.4. The Balaban J connectivity index is 1.93. The second-order valence-corrected chi connectivity index (χ2v) is 8.22. The molecule has 0 aromatic carbocycles. The Labute approximate surface area is 171 Å². The number of nitrogens with zero attached hydrogens (tertiary/aromatic N) is 3. The van der Waals surface area contributed by atoms with Gasteiger partial charge in [-0.05, 0) is 45.6 Å². The normalized spacial score (nSPS) is 15.3. The van der Waals surface area contributed by atoms with Crippen LogP contribution in [0.2, 0.25) is 5.15 Å². The Kier molecular flexibility index (Phi) is 7.48. The second-order valence-electron chi connectivity index (χ2n) is 7.83. The molecule has 28 heavy (non-hydrogen) atoms. The maximum Gasteiger partial charge on any atom is 0.410 e. The summed E-state index contributed by atoms with van der Waals surface area (Å²) in [6, 6.07) is 1.63. The minimum absolute atomic E-state index is 0.268. The van der Waals surface area contributed by atoms with E-state index < -0.39 is 5.60 Å². The number of likely N-dealkylation sites (tertiary alicyclic amines) is 1. The maximum absolute atomic E-state index is 12.4. The molecule has 1 aliphatic heterocycles. The number of ether oxygens (including phenoxy) is 1. The SMILES string of the molecule is CON(C)C(=O)c1cnc(Cl)cc1NCC1CCN(C(=O)OC(C)(C)C)CC1. The summed E-state index contributed by atoms with van der Waals surface area (Å²) in [7, 11) is 2.96. The van der Waals surface area contributed by atoms with Gasteiger partial charge in [0.2, 0.25) is 0 Å². The van der Waals surface area contributed by atoms with Crippen LogP contribution in [0.15, 0.2) is 12.3 Å². The van der Waals surface area contributed by atoms with E-state index in [0.717, 1.165) is 17.9 Å². The van der Waals surface area contributed by atoms with Crippen molar-refractivity contribution in [1.29, 1.82) is 0 Å². The standard InChI is InChI=1S/C19H29ClN4O4/c1-19(2,3)28-18(26)24-8-6-13(7-9-24)11-21-15-10-16(20)22-12-14(15)17(25)23(4)27-5/h10,12-13H,6-9,11H2,1-5H3,(H,21,22). The van der Waals surface area contributed by atoms with Gasteiger partial charge in [-0.25, -0.2) is 14.8 Å². The van der Waals surface area contributed by atoms with Gasteiger partial charge in [-0.1, -0.05) is 11.6 Å². The van der Waals surface area contributed by atoms with Gasteiger partial charge in [0.05, 0.1) is 18.4 Å². The van der Waals surface area contributed by atoms with Crippen LogP contribution in [0.25, 0.3) is 0 Å². The monoisotopic (exact) mass is 412 g/mol. The number of rotatable bonds is 5. The molecule has 9 heteroatoms. The Morgan fingerprint density at radius 2 is 2.00 bits per heavy atom. The third-order valence-electron chi connectivity index (χ3n) is 4.51. The number of hydrogen-bond acceptors (Lipinski definition) is 6. The molecule has 1 saturated heterocycles. The van der Waals surface area contributed by atoms with Gasteiger partial charge in [0.1, 0.15) is 10.8 Å². The molecule has 156 valence electrons. The van der Waals surface area contributed by atoms with E-state index in [9.17, 15) is 9.59 Å². The third-order valence-corrected chi connectivity index (χ3v) is 4.71. The zero-order valence-electron chi connectivity index (χ0n) is 17.1. The first kappa shape index (κ1) is 22.2. The minimum Gasteiger partial charge on any atom is -0.444 e. The van der Waals surface area contributed by atoms with Gasteiger partial charge in [0, 0.05) is 32.9 Å². The van der Waals surface area contributed by atoms with Gasteiger partial charge in [0.25, 0.3) is 5.91 Å². The van der Waals surface area contributed by atoms with Crippen molar-refractivity contribution in [3.05, 3.63) is 23.0 Å². The molecule has 0 saturated carbocycles. The largest absolute Gasteiger partial charge is 0.444 e. The Bertz CT molecular complexity index is 700. The van der Waals surface area contributed by atoms with Gasteiger partial charge < -0.3 is 15.0 Å². The van der Waals surface area contributed by atoms with E-state index in [-0.39, 0.29) is 12.0 Å². The molecule has 0 unspecified atom stereocenters. The average molecular weight is 413 g/mol. The quantitative estimate of drug-likeness (QED) is 0.589. The fourth-order valence-corrected chi connectivity index (χ4v) is 3.06. The number of amides is 2. The van der Waals surface area contributed by atoms with E-state index in [0.29, 0.717) is 42.0 Å². The van der Waals surface area contributed by atoms with Gasteiger partial charge in [0.15, 0.2) is 0 Å². The van der Waals surface area contributed by atoms with Crippen molar-refractivity contribution in [2.75, 3.05) is 39.1 Å². The zero-order chi connectivity index (χ0) is 20.9. The number of aromatic nitrogens is 1. The average Bonchev–Trinajstić information content (AvgIpc) is 2.64. The fraction of sp³-hybridized carbons (Fsp3) is 0.632. The molecule has 0 aliphatic carbocycles. The van der Waals surface area contributed by atoms with Crippen LogP contribution in [-0.4, -0.2) is 66.3 Å². The number of anilines is 1. The number of pyridine rings is 1. The molecule has 1 aromatic rings. The summed E-state index contributed by atoms with van der Waals surface area (Å²) in [5.41, 5.74) is 0.511. The molecule has 1 aromatic heterocycles. The fourth-order valence-electron chi connectivity index (χ4n) is 2.90. The zero-order valence-corrected chi connectivity index (χ0v) is 17.9. The summed E-state index contributed by atoms with van der Waals surface area (Å²) >= 11 is 6.00. The van der Waals surface area contributed by atoms with Crippen molar-refractivity contribution in [3.63, 3.8) is 0 Å². The van der Waals surface area contributed by atoms with Crippen molar-refractivity contribution in [2.45, 2.75) is 39.2 Å². The number of halogens is 1. The molecular formula is C19H29ClN4O4. The number of nitrogens with one attached hydrogen (secondary N) is 1. The lowest BCUT2D eigenvalue weighted by atomic mass is 9.97. The van der Waals surface area contributed by atoms with Crippen LogP contribution >= 0.6 is 11.6 Å². The van der Waals surface area contributed by atoms with Crippen LogP contribution in [0.3, 0.4) is 0 Å². The molecule has 2 heterocycles. The highest BCUT2D eigenvalue weighted by atomic mass is 35.5. The van der Waals surface area contributed by atoms with Crippen LogP contribution in [0, 0.1) is 5.92 Å². The van der Waals surface area contributed by atoms with Gasteiger partial charge in [-0.15, -0.1) is 0 Å². The molecule has 0 spiro atoms. The molecule has 2 amide bonds. The first-order valence-corrected chi connectivity index (χ1v) is 9.68. The van der Waals surface area contributed by atoms with Crippen molar-refractivity contribution < 1.29 is 19.2 Å². The smallest absolute Gasteiger partial charge is 0.410 e. The molecular weight excluding hydrogens is 384 g/mol. The highest BCUT2D eigenvalue weighted by Crippen LogP contribution is 2.24. The lowest BCUT2D eigenvalue weighted by Gasteiger charge is -2.33. The minimum atomic E-state index is -0.492. The van der Waals surface area contributed by atoms with Crippen molar-refractivity contribution in [3.8, 4) is 0 Å². The van der Waals surface area contributed by atoms with Gasteiger partial charge in [-0.2, -0.15) is 0 Å². The van der Waals surface area contributed by atoms with Gasteiger partial charge in [-0.3, -0.25) is 9.63 Å². The summed E-state index contributed by atoms with van der Waals surface area (Å²) in [5.74, 6) is 0.0580. The highest BCUT2D eigenvalue weighted by Gasteiger charge is 2.27. The van der Waals surface area contributed by atoms with Gasteiger partial charge >= 0.3 is 6.09 Å². The summed E-state index contributed by atoms with van der Waals surface area (Å²) in [6.07, 6.45) is 2.88. The van der Waals surface area contributed by atoms with Crippen LogP contribution in [-0.2, 0) is 9.57 Å². The predicted octanol–water partition coefficient (Wildman–Crippen LogP) is 3.43. The lowest BCUT2D eigenvalue weighted by Crippen LogP contribution is -2.42. The van der Waals surface area contributed by atoms with E-state index in [1.807, 2.05) is 20.8 Å². The summed E-state index contributed by atoms with van der Waals surface area (Å²) in [6.45, 7) is 7.55. The van der Waals surface area contributed by atoms with E-state index in [4.69, 9.17) is 21.2 Å². The van der Waals surface area contributed by atoms with E-state index in [1.165, 1.54) is 20.4 Å². The summed E-state index contributed by atoms with van der Waals surface area (Å²) in [5, 5.41) is 4.74. The Morgan fingerprint density at radius 1 is 1.36 bits per heavy atom. The molecule has 0 atom stereocenters. The van der Waals surface area contributed by atoms with E-state index in [1.54, 1.807) is 11.0 Å². The lowest BCUT2D eigenvalue weighted by molar-refractivity contribution is -0.0756. The first-order chi connectivity index (χ1) is 13.1. The van der Waals surface area contributed by atoms with Crippen LogP contribution in [0.1, 0.15) is 44.0 Å². The highest BCUT2D eigenvalue weighted by molar-refractivity contribution is 6.29. The molecule has 1 fully saturated rings. The number of hydroxylamine groups is 2. The Hall–Kier alpha value is -2.06. The third kappa shape index (κ3) is 6.24. The van der Waals surface area contributed by atoms with Crippen LogP contribution < -0.4 is 5.32 Å². The predicted molar refractivity (Wildman–Crippen MR) is 107 cm³/mol. The molecule has 2 rings (SSSR count). The topological polar surface area (TPSA) is 84.0 Å². The van der Waals surface area contributed by atoms with Crippen molar-refractivity contribution in [1.82, 2.24) is 14.9 Å². The molecule has 0 radical (unpaired) electrons. The first-order valence-electron chi connectivity index (χ1n) is 9.30. The Morgan fingerprint density at radius 3 is 2.57 bits per heavy atom. The molecule has 8 nitrogen and oxygen atoms in total. The number of carbonyl (C=O) groups excluding carboxylic acids is 2. The number of hydrogen-bond donors (Lipinski definition) is 1. The van der Waals surface area contributed by atoms with Crippen LogP contribution in [0.4, 0.5) is 10.5 Å². The van der Waals surface area contributed by atoms with Crippen LogP contribution in [0.5, 0.6) is 0 Å². The van der Waals surface area contributed by atoms with E-state index >= 15 is 0 Å². The van der Waals surface area contributed by atoms with Crippen molar-refractivity contribution in [2.24, 2.45) is 5.92 Å². The molecule has 1 aliphatic rings. The number of piperidine rings is 1. The summed E-state index contributed by atoms with van der Waals surface area (Å²) < 4.78 is 5.43. The molecule has 1 N–H and O–H groups in total. The van der Waals surface area contributed by atoms with E-state index in [2.05, 4.69) is 10.3 Å². The number of carbonyl (C=O) groups is 2.